The van der Waals surface area contributed by atoms with Gasteiger partial charge in [-0.1, -0.05) is 50.3 Å². The van der Waals surface area contributed by atoms with Crippen LogP contribution in [0, 0.1) is 16.7 Å². The molecule has 1 saturated heterocycles. The molecular formula is C33H51N3O6S3. The molecule has 12 heteroatoms. The van der Waals surface area contributed by atoms with Crippen LogP contribution in [0.3, 0.4) is 0 Å². The molecule has 2 N–H and O–H groups in total. The van der Waals surface area contributed by atoms with Crippen molar-refractivity contribution in [2.75, 3.05) is 30.9 Å². The van der Waals surface area contributed by atoms with E-state index in [-0.39, 0.29) is 34.8 Å². The first kappa shape index (κ1) is 34.6. The van der Waals surface area contributed by atoms with Gasteiger partial charge in [-0.25, -0.2) is 25.9 Å². The summed E-state index contributed by atoms with van der Waals surface area (Å²) in [5.74, 6) is 0.218. The monoisotopic (exact) mass is 681 g/mol. The summed E-state index contributed by atoms with van der Waals surface area (Å²) in [5, 5.41) is 6.24. The van der Waals surface area contributed by atoms with Crippen LogP contribution in [0.2, 0.25) is 0 Å². The molecule has 0 radical (unpaired) electrons. The number of benzene rings is 1. The highest BCUT2D eigenvalue weighted by Crippen LogP contribution is 2.66. The third kappa shape index (κ3) is 6.94. The highest BCUT2D eigenvalue weighted by atomic mass is 32.2. The van der Waals surface area contributed by atoms with Gasteiger partial charge in [0.05, 0.1) is 22.5 Å². The molecule has 252 valence electrons. The first-order valence-electron chi connectivity index (χ1n) is 16.3. The molecule has 3 fully saturated rings. The normalized spacial score (nSPS) is 28.0. The molecule has 1 heterocycles. The Morgan fingerprint density at radius 2 is 1.76 bits per heavy atom. The van der Waals surface area contributed by atoms with Gasteiger partial charge in [-0.2, -0.15) is 0 Å². The summed E-state index contributed by atoms with van der Waals surface area (Å²) in [6.45, 7) is 10.7. The lowest BCUT2D eigenvalue weighted by Gasteiger charge is -2.45. The predicted octanol–water partition coefficient (Wildman–Crippen LogP) is 4.74. The van der Waals surface area contributed by atoms with Crippen molar-refractivity contribution in [3.63, 3.8) is 0 Å². The minimum Gasteiger partial charge on any atom is -0.444 e. The fraction of sp³-hybridized carbons (Fsp3) is 0.758. The van der Waals surface area contributed by atoms with Gasteiger partial charge in [0.25, 0.3) is 0 Å². The second kappa shape index (κ2) is 12.0. The van der Waals surface area contributed by atoms with Crippen molar-refractivity contribution in [2.45, 2.75) is 109 Å². The quantitative estimate of drug-likeness (QED) is 0.359. The molecule has 4 aliphatic rings. The molecule has 1 aliphatic heterocycles. The molecular weight excluding hydrogens is 631 g/mol. The van der Waals surface area contributed by atoms with Crippen LogP contribution in [0.25, 0.3) is 0 Å². The van der Waals surface area contributed by atoms with Gasteiger partial charge in [-0.15, -0.1) is 0 Å². The maximum absolute atomic E-state index is 14.2. The van der Waals surface area contributed by atoms with Gasteiger partial charge in [0.2, 0.25) is 10.0 Å². The van der Waals surface area contributed by atoms with E-state index in [0.717, 1.165) is 51.2 Å². The van der Waals surface area contributed by atoms with Gasteiger partial charge in [0.1, 0.15) is 15.4 Å². The third-order valence-electron chi connectivity index (χ3n) is 11.5. The summed E-state index contributed by atoms with van der Waals surface area (Å²) in [6.07, 6.45) is 6.89. The van der Waals surface area contributed by atoms with Gasteiger partial charge in [0, 0.05) is 30.8 Å². The zero-order chi connectivity index (χ0) is 33.1. The number of aryl methyl sites for hydroxylation is 1. The van der Waals surface area contributed by atoms with Crippen molar-refractivity contribution in [1.82, 2.24) is 14.9 Å². The van der Waals surface area contributed by atoms with Crippen LogP contribution in [0.15, 0.2) is 24.3 Å². The Morgan fingerprint density at radius 1 is 1.09 bits per heavy atom. The minimum atomic E-state index is -3.58. The molecule has 2 saturated carbocycles. The Balaban J connectivity index is 1.32. The van der Waals surface area contributed by atoms with Crippen molar-refractivity contribution in [3.05, 3.63) is 35.4 Å². The number of piperidine rings is 1. The average Bonchev–Trinajstić information content (AvgIpc) is 3.46. The number of hydrogen-bond acceptors (Lipinski definition) is 7. The van der Waals surface area contributed by atoms with Crippen LogP contribution in [0.1, 0.15) is 90.7 Å². The number of ether oxygens (including phenoxy) is 1. The molecule has 1 aromatic carbocycles. The molecule has 3 aliphatic carbocycles. The molecule has 5 rings (SSSR count). The van der Waals surface area contributed by atoms with Crippen molar-refractivity contribution < 1.29 is 26.4 Å². The molecule has 2 bridgehead atoms. The van der Waals surface area contributed by atoms with E-state index in [2.05, 4.69) is 48.7 Å². The number of sulfone groups is 1. The lowest BCUT2D eigenvalue weighted by Crippen LogP contribution is -2.57. The summed E-state index contributed by atoms with van der Waals surface area (Å²) in [5.41, 5.74) is 1.35. The van der Waals surface area contributed by atoms with E-state index in [9.17, 15) is 21.6 Å². The van der Waals surface area contributed by atoms with Crippen LogP contribution in [0.5, 0.6) is 0 Å². The second-order valence-corrected chi connectivity index (χ2v) is 20.3. The van der Waals surface area contributed by atoms with E-state index < -0.39 is 43.0 Å². The number of fused-ring (bicyclic) bond motifs is 4. The molecule has 1 amide bonds. The summed E-state index contributed by atoms with van der Waals surface area (Å²) >= 11 is 5.82. The first-order valence-corrected chi connectivity index (χ1v) is 20.4. The van der Waals surface area contributed by atoms with E-state index in [1.54, 1.807) is 25.1 Å². The number of alkyl carbamates (subject to hydrolysis) is 1. The number of sulfonamides is 1. The fourth-order valence-electron chi connectivity index (χ4n) is 8.84. The van der Waals surface area contributed by atoms with E-state index in [0.29, 0.717) is 24.0 Å². The number of nitrogens with one attached hydrogen (secondary N) is 2. The van der Waals surface area contributed by atoms with Crippen LogP contribution in [-0.4, -0.2) is 80.8 Å². The molecule has 0 aromatic heterocycles. The molecule has 45 heavy (non-hydrogen) atoms. The Bertz CT molecular complexity index is 1530. The second-order valence-electron chi connectivity index (χ2n) is 15.6. The van der Waals surface area contributed by atoms with Crippen molar-refractivity contribution >= 4 is 43.2 Å². The number of carbonyl (C=O) groups excluding carboxylic acids is 1. The maximum Gasteiger partial charge on any atom is 0.408 e. The highest BCUT2D eigenvalue weighted by Gasteiger charge is 2.66. The van der Waals surface area contributed by atoms with Gasteiger partial charge in [-0.05, 0) is 100 Å². The van der Waals surface area contributed by atoms with E-state index in [1.807, 2.05) is 0 Å². The zero-order valence-corrected chi connectivity index (χ0v) is 30.1. The number of amides is 1. The molecule has 1 spiro atoms. The van der Waals surface area contributed by atoms with E-state index in [1.165, 1.54) is 11.1 Å². The molecule has 4 unspecified atom stereocenters. The Kier molecular flexibility index (Phi) is 9.25. The Labute approximate surface area is 275 Å². The summed E-state index contributed by atoms with van der Waals surface area (Å²) in [4.78, 5) is 13.0. The number of carbonyl (C=O) groups is 1. The standard InChI is InChI=1S/C33H51N3O6S3/c1-30(2,3)42-29(37)34-26(13-20-44(6,38)39)28(43)35-27-21-24-12-15-33(27,31(24,4)5)22-45(40,41)36-18-16-32(17-19-36)14-11-23-9-7-8-10-25(23)32/h7-10,24,26-27H,11-22H2,1-6H3,(H,34,37)(H,35,43). The summed E-state index contributed by atoms with van der Waals surface area (Å²) in [7, 11) is -6.90. The van der Waals surface area contributed by atoms with Crippen molar-refractivity contribution in [2.24, 2.45) is 16.7 Å². The zero-order valence-electron chi connectivity index (χ0n) is 27.6. The lowest BCUT2D eigenvalue weighted by atomic mass is 9.69. The van der Waals surface area contributed by atoms with Gasteiger partial charge in [0.15, 0.2) is 0 Å². The largest absolute Gasteiger partial charge is 0.444 e. The predicted molar refractivity (Wildman–Crippen MR) is 182 cm³/mol. The van der Waals surface area contributed by atoms with Gasteiger partial charge >= 0.3 is 6.09 Å². The number of nitrogens with zero attached hydrogens (tertiary/aromatic N) is 1. The van der Waals surface area contributed by atoms with E-state index >= 15 is 0 Å². The molecule has 4 atom stereocenters. The number of thiocarbonyl (C=S) groups is 1. The van der Waals surface area contributed by atoms with Crippen LogP contribution < -0.4 is 10.6 Å². The Morgan fingerprint density at radius 3 is 2.38 bits per heavy atom. The first-order chi connectivity index (χ1) is 20.8. The van der Waals surface area contributed by atoms with Gasteiger partial charge in [-0.3, -0.25) is 0 Å². The van der Waals surface area contributed by atoms with E-state index in [4.69, 9.17) is 17.0 Å². The lowest BCUT2D eigenvalue weighted by molar-refractivity contribution is 0.0516. The van der Waals surface area contributed by atoms with Crippen molar-refractivity contribution in [3.8, 4) is 0 Å². The number of rotatable bonds is 9. The highest BCUT2D eigenvalue weighted by molar-refractivity contribution is 7.90. The van der Waals surface area contributed by atoms with Crippen LogP contribution in [0.4, 0.5) is 4.79 Å². The summed E-state index contributed by atoms with van der Waals surface area (Å²) in [6, 6.07) is 7.63. The minimum absolute atomic E-state index is 0.0425. The smallest absolute Gasteiger partial charge is 0.408 e. The molecule has 9 nitrogen and oxygen atoms in total. The summed E-state index contributed by atoms with van der Waals surface area (Å²) < 4.78 is 59.7. The van der Waals surface area contributed by atoms with Crippen LogP contribution >= 0.6 is 12.2 Å². The fourth-order valence-corrected chi connectivity index (χ4v) is 12.1. The molecule has 1 aromatic rings. The van der Waals surface area contributed by atoms with Gasteiger partial charge < -0.3 is 15.4 Å². The Hall–Kier alpha value is -1.76. The van der Waals surface area contributed by atoms with Crippen molar-refractivity contribution in [1.29, 1.82) is 0 Å². The topological polar surface area (TPSA) is 122 Å². The number of hydrogen-bond donors (Lipinski definition) is 2. The SMILES string of the molecule is CC(C)(C)OC(=O)NC(CCS(C)(=O)=O)C(=S)NC1CC2CCC1(CS(=O)(=O)N1CCC3(CCc4ccccc43)CC1)C2(C)C. The third-order valence-corrected chi connectivity index (χ3v) is 14.9. The maximum atomic E-state index is 14.2. The average molecular weight is 682 g/mol. The van der Waals surface area contributed by atoms with Crippen LogP contribution in [-0.2, 0) is 36.4 Å².